The fraction of sp³-hybridized carbons (Fsp3) is 0.412. The molecule has 0 amide bonds. The molecule has 0 radical (unpaired) electrons. The Kier molecular flexibility index (Phi) is 4.51. The standard InChI is InChI=1S/C17H22N2S/c1-14-11-18-16(10-15-6-3-2-4-7-15)12-19(14)13-17-8-5-9-20-17/h2-9,14,16,18H,10-13H2,1H3. The van der Waals surface area contributed by atoms with Gasteiger partial charge in [0.15, 0.2) is 0 Å². The van der Waals surface area contributed by atoms with Gasteiger partial charge in [-0.15, -0.1) is 11.3 Å². The molecule has 2 aromatic rings. The summed E-state index contributed by atoms with van der Waals surface area (Å²) in [6.45, 7) is 5.63. The molecular weight excluding hydrogens is 264 g/mol. The molecular formula is C17H22N2S. The number of hydrogen-bond acceptors (Lipinski definition) is 3. The van der Waals surface area contributed by atoms with Crippen molar-refractivity contribution >= 4 is 11.3 Å². The zero-order valence-corrected chi connectivity index (χ0v) is 12.8. The summed E-state index contributed by atoms with van der Waals surface area (Å²) >= 11 is 1.86. The first-order chi connectivity index (χ1) is 9.81. The predicted molar refractivity (Wildman–Crippen MR) is 86.1 cm³/mol. The third-order valence-electron chi connectivity index (χ3n) is 4.04. The van der Waals surface area contributed by atoms with E-state index in [4.69, 9.17) is 0 Å². The Morgan fingerprint density at radius 3 is 2.80 bits per heavy atom. The zero-order chi connectivity index (χ0) is 13.8. The Hall–Kier alpha value is -1.16. The normalized spacial score (nSPS) is 23.9. The van der Waals surface area contributed by atoms with E-state index >= 15 is 0 Å². The summed E-state index contributed by atoms with van der Waals surface area (Å²) < 4.78 is 0. The average molecular weight is 286 g/mol. The molecule has 1 fully saturated rings. The van der Waals surface area contributed by atoms with Gasteiger partial charge >= 0.3 is 0 Å². The first kappa shape index (κ1) is 13.8. The van der Waals surface area contributed by atoms with Gasteiger partial charge in [0.2, 0.25) is 0 Å². The van der Waals surface area contributed by atoms with Crippen molar-refractivity contribution in [3.05, 3.63) is 58.3 Å². The van der Waals surface area contributed by atoms with E-state index in [2.05, 4.69) is 65.0 Å². The van der Waals surface area contributed by atoms with Crippen LogP contribution in [-0.4, -0.2) is 30.1 Å². The summed E-state index contributed by atoms with van der Waals surface area (Å²) in [5.41, 5.74) is 1.43. The van der Waals surface area contributed by atoms with E-state index < -0.39 is 0 Å². The summed E-state index contributed by atoms with van der Waals surface area (Å²) in [5, 5.41) is 5.86. The van der Waals surface area contributed by atoms with Crippen LogP contribution >= 0.6 is 11.3 Å². The van der Waals surface area contributed by atoms with Crippen LogP contribution in [0.1, 0.15) is 17.4 Å². The molecule has 0 saturated carbocycles. The average Bonchev–Trinajstić information content (AvgIpc) is 2.97. The van der Waals surface area contributed by atoms with E-state index in [1.54, 1.807) is 0 Å². The largest absolute Gasteiger partial charge is 0.311 e. The highest BCUT2D eigenvalue weighted by Crippen LogP contribution is 2.17. The minimum Gasteiger partial charge on any atom is -0.311 e. The lowest BCUT2D eigenvalue weighted by Crippen LogP contribution is -2.55. The van der Waals surface area contributed by atoms with Crippen molar-refractivity contribution in [2.75, 3.05) is 13.1 Å². The maximum absolute atomic E-state index is 3.69. The molecule has 1 aliphatic rings. The molecule has 1 aromatic heterocycles. The molecule has 1 N–H and O–H groups in total. The molecule has 2 atom stereocenters. The quantitative estimate of drug-likeness (QED) is 0.929. The molecule has 20 heavy (non-hydrogen) atoms. The van der Waals surface area contributed by atoms with Gasteiger partial charge in [-0.05, 0) is 30.4 Å². The second kappa shape index (κ2) is 6.53. The third kappa shape index (κ3) is 3.48. The van der Waals surface area contributed by atoms with E-state index in [0.717, 1.165) is 26.1 Å². The number of piperazine rings is 1. The number of nitrogens with zero attached hydrogens (tertiary/aromatic N) is 1. The van der Waals surface area contributed by atoms with Crippen LogP contribution in [0.15, 0.2) is 47.8 Å². The van der Waals surface area contributed by atoms with Gasteiger partial charge in [0.1, 0.15) is 0 Å². The van der Waals surface area contributed by atoms with Crippen LogP contribution in [0.2, 0.25) is 0 Å². The Morgan fingerprint density at radius 2 is 2.05 bits per heavy atom. The second-order valence-corrected chi connectivity index (χ2v) is 6.68. The molecule has 0 aliphatic carbocycles. The molecule has 2 heterocycles. The molecule has 3 rings (SSSR count). The summed E-state index contributed by atoms with van der Waals surface area (Å²) in [7, 11) is 0. The van der Waals surface area contributed by atoms with E-state index in [-0.39, 0.29) is 0 Å². The lowest BCUT2D eigenvalue weighted by Gasteiger charge is -2.38. The van der Waals surface area contributed by atoms with Crippen molar-refractivity contribution in [1.82, 2.24) is 10.2 Å². The lowest BCUT2D eigenvalue weighted by molar-refractivity contribution is 0.134. The molecule has 106 valence electrons. The fourth-order valence-electron chi connectivity index (χ4n) is 2.85. The van der Waals surface area contributed by atoms with Crippen LogP contribution in [0.3, 0.4) is 0 Å². The predicted octanol–water partition coefficient (Wildman–Crippen LogP) is 3.15. The number of rotatable bonds is 4. The van der Waals surface area contributed by atoms with Gasteiger partial charge in [0.05, 0.1) is 0 Å². The van der Waals surface area contributed by atoms with Gasteiger partial charge in [0.25, 0.3) is 0 Å². The molecule has 1 aromatic carbocycles. The van der Waals surface area contributed by atoms with E-state index in [0.29, 0.717) is 12.1 Å². The minimum absolute atomic E-state index is 0.563. The van der Waals surface area contributed by atoms with Gasteiger partial charge in [-0.3, -0.25) is 4.90 Å². The SMILES string of the molecule is CC1CNC(Cc2ccccc2)CN1Cc1cccs1. The Labute approximate surface area is 125 Å². The topological polar surface area (TPSA) is 15.3 Å². The Morgan fingerprint density at radius 1 is 1.20 bits per heavy atom. The molecule has 0 bridgehead atoms. The van der Waals surface area contributed by atoms with Gasteiger partial charge < -0.3 is 5.32 Å². The van der Waals surface area contributed by atoms with Crippen molar-refractivity contribution in [1.29, 1.82) is 0 Å². The third-order valence-corrected chi connectivity index (χ3v) is 4.91. The molecule has 1 aliphatic heterocycles. The second-order valence-electron chi connectivity index (χ2n) is 5.65. The maximum Gasteiger partial charge on any atom is 0.0331 e. The number of hydrogen-bond donors (Lipinski definition) is 1. The molecule has 1 saturated heterocycles. The lowest BCUT2D eigenvalue weighted by atomic mass is 10.0. The monoisotopic (exact) mass is 286 g/mol. The van der Waals surface area contributed by atoms with Gasteiger partial charge in [-0.2, -0.15) is 0 Å². The number of benzene rings is 1. The number of thiophene rings is 1. The van der Waals surface area contributed by atoms with Crippen LogP contribution in [0.25, 0.3) is 0 Å². The first-order valence-electron chi connectivity index (χ1n) is 7.35. The van der Waals surface area contributed by atoms with Crippen molar-refractivity contribution < 1.29 is 0 Å². The van der Waals surface area contributed by atoms with Gasteiger partial charge in [-0.1, -0.05) is 36.4 Å². The number of nitrogens with one attached hydrogen (secondary N) is 1. The van der Waals surface area contributed by atoms with Crippen LogP contribution in [0, 0.1) is 0 Å². The summed E-state index contributed by atoms with van der Waals surface area (Å²) in [4.78, 5) is 4.08. The highest BCUT2D eigenvalue weighted by molar-refractivity contribution is 7.09. The van der Waals surface area contributed by atoms with Crippen molar-refractivity contribution in [2.24, 2.45) is 0 Å². The molecule has 0 spiro atoms. The molecule has 2 nitrogen and oxygen atoms in total. The van der Waals surface area contributed by atoms with Crippen LogP contribution in [0.5, 0.6) is 0 Å². The summed E-state index contributed by atoms with van der Waals surface area (Å²) in [6.07, 6.45) is 1.12. The van der Waals surface area contributed by atoms with Gasteiger partial charge in [-0.25, -0.2) is 0 Å². The van der Waals surface area contributed by atoms with E-state index in [1.807, 2.05) is 11.3 Å². The minimum atomic E-state index is 0.563. The summed E-state index contributed by atoms with van der Waals surface area (Å²) in [5.74, 6) is 0. The highest BCUT2D eigenvalue weighted by atomic mass is 32.1. The van der Waals surface area contributed by atoms with Crippen LogP contribution in [-0.2, 0) is 13.0 Å². The van der Waals surface area contributed by atoms with Gasteiger partial charge in [0, 0.05) is 36.6 Å². The molecule has 2 unspecified atom stereocenters. The van der Waals surface area contributed by atoms with Crippen molar-refractivity contribution in [2.45, 2.75) is 32.0 Å². The Balaban J connectivity index is 1.61. The summed E-state index contributed by atoms with van der Waals surface area (Å²) in [6, 6.07) is 16.4. The fourth-order valence-corrected chi connectivity index (χ4v) is 3.58. The maximum atomic E-state index is 3.69. The van der Waals surface area contributed by atoms with E-state index in [1.165, 1.54) is 10.4 Å². The van der Waals surface area contributed by atoms with Crippen LogP contribution in [0.4, 0.5) is 0 Å². The van der Waals surface area contributed by atoms with Crippen molar-refractivity contribution in [3.63, 3.8) is 0 Å². The van der Waals surface area contributed by atoms with E-state index in [9.17, 15) is 0 Å². The Bertz CT molecular complexity index is 509. The molecule has 3 heteroatoms. The van der Waals surface area contributed by atoms with Crippen molar-refractivity contribution in [3.8, 4) is 0 Å². The smallest absolute Gasteiger partial charge is 0.0331 e. The highest BCUT2D eigenvalue weighted by Gasteiger charge is 2.25. The first-order valence-corrected chi connectivity index (χ1v) is 8.23. The zero-order valence-electron chi connectivity index (χ0n) is 12.0. The van der Waals surface area contributed by atoms with Crippen LogP contribution < -0.4 is 5.32 Å².